The van der Waals surface area contributed by atoms with E-state index >= 15 is 0 Å². The molecule has 0 saturated heterocycles. The Balaban J connectivity index is 1.44. The van der Waals surface area contributed by atoms with Crippen molar-refractivity contribution in [1.82, 2.24) is 10.4 Å². The lowest BCUT2D eigenvalue weighted by molar-refractivity contribution is 0.0954. The lowest BCUT2D eigenvalue weighted by Gasteiger charge is -2.03. The maximum atomic E-state index is 12.5. The normalized spacial score (nSPS) is 12.6. The molecule has 0 bridgehead atoms. The standard InChI is InChI=1S/C23H17N3O3/c27-23(16-10-11-20-21(12-16)29-14-28-20)26-24-13-18-17-8-4-5-9-19(17)25-22(18)15-6-2-1-3-7-15/h1-13,25H,14H2,(H,26,27)/b24-13+. The number of benzene rings is 3. The van der Waals surface area contributed by atoms with Crippen molar-refractivity contribution < 1.29 is 14.3 Å². The molecule has 1 aromatic heterocycles. The summed E-state index contributed by atoms with van der Waals surface area (Å²) in [6.45, 7) is 0.168. The van der Waals surface area contributed by atoms with Gasteiger partial charge in [0.05, 0.1) is 11.9 Å². The molecular formula is C23H17N3O3. The van der Waals surface area contributed by atoms with Crippen molar-refractivity contribution in [3.05, 3.63) is 83.9 Å². The number of amides is 1. The molecule has 1 aliphatic rings. The molecular weight excluding hydrogens is 366 g/mol. The molecule has 29 heavy (non-hydrogen) atoms. The molecule has 0 aliphatic carbocycles. The molecule has 2 heterocycles. The first-order valence-corrected chi connectivity index (χ1v) is 9.19. The van der Waals surface area contributed by atoms with Gasteiger partial charge in [-0.3, -0.25) is 4.79 Å². The second-order valence-electron chi connectivity index (χ2n) is 6.59. The summed E-state index contributed by atoms with van der Waals surface area (Å²) < 4.78 is 10.6. The lowest BCUT2D eigenvalue weighted by atomic mass is 10.1. The minimum atomic E-state index is -0.319. The van der Waals surface area contributed by atoms with Gasteiger partial charge in [0, 0.05) is 22.0 Å². The van der Waals surface area contributed by atoms with Gasteiger partial charge in [-0.2, -0.15) is 5.10 Å². The van der Waals surface area contributed by atoms with Crippen molar-refractivity contribution in [3.63, 3.8) is 0 Å². The van der Waals surface area contributed by atoms with Gasteiger partial charge in [-0.25, -0.2) is 5.43 Å². The van der Waals surface area contributed by atoms with Gasteiger partial charge in [0.1, 0.15) is 0 Å². The van der Waals surface area contributed by atoms with E-state index in [2.05, 4.69) is 15.5 Å². The summed E-state index contributed by atoms with van der Waals surface area (Å²) in [4.78, 5) is 15.9. The van der Waals surface area contributed by atoms with E-state index in [9.17, 15) is 4.79 Å². The maximum Gasteiger partial charge on any atom is 0.271 e. The predicted molar refractivity (Wildman–Crippen MR) is 111 cm³/mol. The SMILES string of the molecule is O=C(N/N=C/c1c(-c2ccccc2)[nH]c2ccccc12)c1ccc2c(c1)OCO2. The molecule has 0 radical (unpaired) electrons. The smallest absolute Gasteiger partial charge is 0.271 e. The molecule has 142 valence electrons. The van der Waals surface area contributed by atoms with E-state index in [0.29, 0.717) is 17.1 Å². The molecule has 0 atom stereocenters. The van der Waals surface area contributed by atoms with Crippen LogP contribution in [0.4, 0.5) is 0 Å². The molecule has 5 rings (SSSR count). The number of hydrazone groups is 1. The Bertz CT molecular complexity index is 1230. The Morgan fingerprint density at radius 1 is 0.966 bits per heavy atom. The highest BCUT2D eigenvalue weighted by Crippen LogP contribution is 2.32. The molecule has 2 N–H and O–H groups in total. The fraction of sp³-hybridized carbons (Fsp3) is 0.0435. The van der Waals surface area contributed by atoms with Gasteiger partial charge in [-0.15, -0.1) is 0 Å². The summed E-state index contributed by atoms with van der Waals surface area (Å²) in [5.74, 6) is 0.877. The summed E-state index contributed by atoms with van der Waals surface area (Å²) >= 11 is 0. The first-order valence-electron chi connectivity index (χ1n) is 9.19. The third-order valence-corrected chi connectivity index (χ3v) is 4.80. The lowest BCUT2D eigenvalue weighted by Crippen LogP contribution is -2.17. The number of para-hydroxylation sites is 1. The predicted octanol–water partition coefficient (Wildman–Crippen LogP) is 4.33. The van der Waals surface area contributed by atoms with Crippen LogP contribution in [0.3, 0.4) is 0 Å². The number of carbonyl (C=O) groups excluding carboxylic acids is 1. The summed E-state index contributed by atoms with van der Waals surface area (Å²) in [6.07, 6.45) is 1.67. The van der Waals surface area contributed by atoms with Crippen LogP contribution in [0.15, 0.2) is 77.9 Å². The molecule has 0 spiro atoms. The number of hydrogen-bond acceptors (Lipinski definition) is 4. The summed E-state index contributed by atoms with van der Waals surface area (Å²) in [5.41, 5.74) is 6.97. The summed E-state index contributed by atoms with van der Waals surface area (Å²) in [5, 5.41) is 5.24. The first-order chi connectivity index (χ1) is 14.3. The highest BCUT2D eigenvalue weighted by molar-refractivity contribution is 6.06. The van der Waals surface area contributed by atoms with E-state index < -0.39 is 0 Å². The zero-order valence-electron chi connectivity index (χ0n) is 15.4. The molecule has 6 heteroatoms. The van der Waals surface area contributed by atoms with Crippen LogP contribution in [0.5, 0.6) is 11.5 Å². The van der Waals surface area contributed by atoms with Crippen molar-refractivity contribution in [1.29, 1.82) is 0 Å². The van der Waals surface area contributed by atoms with Gasteiger partial charge in [0.2, 0.25) is 6.79 Å². The van der Waals surface area contributed by atoms with Gasteiger partial charge in [-0.05, 0) is 29.8 Å². The van der Waals surface area contributed by atoms with Gasteiger partial charge >= 0.3 is 0 Å². The fourth-order valence-electron chi connectivity index (χ4n) is 3.39. The molecule has 6 nitrogen and oxygen atoms in total. The second kappa shape index (κ2) is 7.16. The number of H-pyrrole nitrogens is 1. The number of ether oxygens (including phenoxy) is 2. The van der Waals surface area contributed by atoms with E-state index in [1.54, 1.807) is 24.4 Å². The Morgan fingerprint density at radius 2 is 1.76 bits per heavy atom. The Labute approximate surface area is 166 Å². The van der Waals surface area contributed by atoms with Crippen LogP contribution in [0, 0.1) is 0 Å². The number of fused-ring (bicyclic) bond motifs is 2. The van der Waals surface area contributed by atoms with Crippen LogP contribution in [0.1, 0.15) is 15.9 Å². The number of hydrogen-bond donors (Lipinski definition) is 2. The van der Waals surface area contributed by atoms with Gasteiger partial charge < -0.3 is 14.5 Å². The van der Waals surface area contributed by atoms with Gasteiger partial charge in [-0.1, -0.05) is 48.5 Å². The van der Waals surface area contributed by atoms with E-state index in [4.69, 9.17) is 9.47 Å². The number of nitrogens with zero attached hydrogens (tertiary/aromatic N) is 1. The van der Waals surface area contributed by atoms with Crippen LogP contribution >= 0.6 is 0 Å². The van der Waals surface area contributed by atoms with Crippen molar-refractivity contribution in [3.8, 4) is 22.8 Å². The quantitative estimate of drug-likeness (QED) is 0.407. The fourth-order valence-corrected chi connectivity index (χ4v) is 3.39. The number of carbonyl (C=O) groups is 1. The molecule has 0 unspecified atom stereocenters. The molecule has 0 fully saturated rings. The van der Waals surface area contributed by atoms with Gasteiger partial charge in [0.25, 0.3) is 5.91 Å². The maximum absolute atomic E-state index is 12.5. The molecule has 4 aromatic rings. The Kier molecular flexibility index (Phi) is 4.22. The molecule has 0 saturated carbocycles. The third-order valence-electron chi connectivity index (χ3n) is 4.80. The Morgan fingerprint density at radius 3 is 2.66 bits per heavy atom. The number of aromatic nitrogens is 1. The number of rotatable bonds is 4. The number of nitrogens with one attached hydrogen (secondary N) is 2. The van der Waals surface area contributed by atoms with Crippen LogP contribution in [-0.4, -0.2) is 23.9 Å². The second-order valence-corrected chi connectivity index (χ2v) is 6.59. The summed E-state index contributed by atoms with van der Waals surface area (Å²) in [6, 6.07) is 23.1. The van der Waals surface area contributed by atoms with E-state index in [0.717, 1.165) is 27.7 Å². The van der Waals surface area contributed by atoms with Gasteiger partial charge in [0.15, 0.2) is 11.5 Å². The topological polar surface area (TPSA) is 75.7 Å². The third kappa shape index (κ3) is 3.21. The molecule has 1 amide bonds. The average Bonchev–Trinajstić information content (AvgIpc) is 3.38. The largest absolute Gasteiger partial charge is 0.454 e. The van der Waals surface area contributed by atoms with Crippen molar-refractivity contribution in [2.45, 2.75) is 0 Å². The van der Waals surface area contributed by atoms with Crippen molar-refractivity contribution in [2.24, 2.45) is 5.10 Å². The zero-order valence-corrected chi connectivity index (χ0v) is 15.4. The van der Waals surface area contributed by atoms with Crippen LogP contribution in [-0.2, 0) is 0 Å². The highest BCUT2D eigenvalue weighted by Gasteiger charge is 2.16. The monoisotopic (exact) mass is 383 g/mol. The van der Waals surface area contributed by atoms with Crippen molar-refractivity contribution >= 4 is 23.0 Å². The van der Waals surface area contributed by atoms with Crippen LogP contribution < -0.4 is 14.9 Å². The minimum Gasteiger partial charge on any atom is -0.454 e. The molecule has 1 aliphatic heterocycles. The van der Waals surface area contributed by atoms with Crippen LogP contribution in [0.2, 0.25) is 0 Å². The number of aromatic amines is 1. The summed E-state index contributed by atoms with van der Waals surface area (Å²) in [7, 11) is 0. The van der Waals surface area contributed by atoms with E-state index in [-0.39, 0.29) is 12.7 Å². The van der Waals surface area contributed by atoms with Crippen LogP contribution in [0.25, 0.3) is 22.2 Å². The van der Waals surface area contributed by atoms with E-state index in [1.807, 2.05) is 54.6 Å². The first kappa shape index (κ1) is 17.1. The Hall–Kier alpha value is -4.06. The molecule has 3 aromatic carbocycles. The van der Waals surface area contributed by atoms with E-state index in [1.165, 1.54) is 0 Å². The minimum absolute atomic E-state index is 0.168. The zero-order chi connectivity index (χ0) is 19.6. The average molecular weight is 383 g/mol. The van der Waals surface area contributed by atoms with Crippen molar-refractivity contribution in [2.75, 3.05) is 6.79 Å². The highest BCUT2D eigenvalue weighted by atomic mass is 16.7.